The molecule has 228 valence electrons. The zero-order chi connectivity index (χ0) is 30.3. The fourth-order valence-electron chi connectivity index (χ4n) is 6.90. The molecule has 2 aliphatic heterocycles. The van der Waals surface area contributed by atoms with Gasteiger partial charge in [0.1, 0.15) is 12.4 Å². The molecule has 10 heteroatoms. The van der Waals surface area contributed by atoms with Crippen molar-refractivity contribution in [2.24, 2.45) is 17.8 Å². The molecule has 1 saturated carbocycles. The van der Waals surface area contributed by atoms with Gasteiger partial charge in [0.15, 0.2) is 5.13 Å². The van der Waals surface area contributed by atoms with Gasteiger partial charge in [-0.1, -0.05) is 17.7 Å². The van der Waals surface area contributed by atoms with Gasteiger partial charge in [-0.3, -0.25) is 9.59 Å². The first kappa shape index (κ1) is 29.5. The molecule has 3 fully saturated rings. The number of carboxylic acid groups (broad SMARTS) is 1. The normalized spacial score (nSPS) is 22.9. The van der Waals surface area contributed by atoms with Crippen LogP contribution in [0.15, 0.2) is 41.8 Å². The number of anilines is 1. The largest absolute Gasteiger partial charge is 0.488 e. The number of piperidine rings is 2. The molecule has 3 atom stereocenters. The number of aromatic nitrogens is 1. The number of fused-ring (bicyclic) bond motifs is 2. The first-order valence-corrected chi connectivity index (χ1v) is 15.9. The molecule has 2 aromatic carbocycles. The highest BCUT2D eigenvalue weighted by Gasteiger charge is 2.43. The number of rotatable bonds is 8. The quantitative estimate of drug-likeness (QED) is 0.302. The van der Waals surface area contributed by atoms with E-state index in [4.69, 9.17) is 9.72 Å². The van der Waals surface area contributed by atoms with Crippen LogP contribution in [-0.4, -0.2) is 59.0 Å². The highest BCUT2D eigenvalue weighted by Crippen LogP contribution is 2.46. The summed E-state index contributed by atoms with van der Waals surface area (Å²) in [4.78, 5) is 33.1. The minimum Gasteiger partial charge on any atom is -0.488 e. The zero-order valence-electron chi connectivity index (χ0n) is 24.5. The number of carbonyl (C=O) groups is 2. The maximum Gasteiger partial charge on any atom is 0.303 e. The number of aliphatic carboxylic acids is 1. The van der Waals surface area contributed by atoms with Gasteiger partial charge in [0.05, 0.1) is 5.69 Å². The van der Waals surface area contributed by atoms with Crippen molar-refractivity contribution in [2.75, 3.05) is 31.1 Å². The SMILES string of the molecule is Cc1ccc(OCc2ccc(C(=O)N3CCC(F)(F)CC3)cc2C)c(-c2csc(N3C[C@H]4CC[C@@H](C3)C4CC(=O)O)n2)c1. The van der Waals surface area contributed by atoms with Crippen LogP contribution in [0, 0.1) is 31.6 Å². The van der Waals surface area contributed by atoms with E-state index in [2.05, 4.69) is 16.3 Å². The summed E-state index contributed by atoms with van der Waals surface area (Å²) < 4.78 is 33.4. The molecule has 2 saturated heterocycles. The van der Waals surface area contributed by atoms with Gasteiger partial charge < -0.3 is 19.6 Å². The van der Waals surface area contributed by atoms with Crippen LogP contribution in [0.4, 0.5) is 13.9 Å². The average molecular weight is 610 g/mol. The molecule has 3 aliphatic rings. The molecule has 6 rings (SSSR count). The number of nitrogens with zero attached hydrogens (tertiary/aromatic N) is 3. The van der Waals surface area contributed by atoms with E-state index in [1.807, 2.05) is 38.1 Å². The number of alkyl halides is 2. The third kappa shape index (κ3) is 6.39. The monoisotopic (exact) mass is 609 g/mol. The van der Waals surface area contributed by atoms with Crippen LogP contribution >= 0.6 is 11.3 Å². The van der Waals surface area contributed by atoms with Gasteiger partial charge >= 0.3 is 5.97 Å². The smallest absolute Gasteiger partial charge is 0.303 e. The van der Waals surface area contributed by atoms with E-state index in [9.17, 15) is 23.5 Å². The fourth-order valence-corrected chi connectivity index (χ4v) is 7.74. The summed E-state index contributed by atoms with van der Waals surface area (Å²) in [5.74, 6) is -1.83. The number of carboxylic acids is 1. The molecule has 3 heterocycles. The molecule has 1 aliphatic carbocycles. The van der Waals surface area contributed by atoms with Crippen molar-refractivity contribution in [3.63, 3.8) is 0 Å². The molecule has 3 aromatic rings. The van der Waals surface area contributed by atoms with Crippen LogP contribution in [0.5, 0.6) is 5.75 Å². The van der Waals surface area contributed by atoms with Crippen molar-refractivity contribution in [3.05, 3.63) is 64.0 Å². The maximum atomic E-state index is 13.5. The zero-order valence-corrected chi connectivity index (χ0v) is 25.3. The third-order valence-corrected chi connectivity index (χ3v) is 10.3. The molecule has 1 amide bonds. The predicted octanol–water partition coefficient (Wildman–Crippen LogP) is 6.81. The Bertz CT molecular complexity index is 1500. The highest BCUT2D eigenvalue weighted by molar-refractivity contribution is 7.14. The van der Waals surface area contributed by atoms with Crippen LogP contribution in [0.1, 0.15) is 59.2 Å². The molecule has 1 aromatic heterocycles. The summed E-state index contributed by atoms with van der Waals surface area (Å²) >= 11 is 1.61. The molecule has 1 unspecified atom stereocenters. The molecule has 7 nitrogen and oxygen atoms in total. The van der Waals surface area contributed by atoms with Crippen molar-refractivity contribution in [1.82, 2.24) is 9.88 Å². The number of amides is 1. The van der Waals surface area contributed by atoms with E-state index in [-0.39, 0.29) is 44.2 Å². The lowest BCUT2D eigenvalue weighted by Crippen LogP contribution is -2.42. The molecule has 0 spiro atoms. The Kier molecular flexibility index (Phi) is 8.15. The van der Waals surface area contributed by atoms with Crippen LogP contribution in [-0.2, 0) is 11.4 Å². The summed E-state index contributed by atoms with van der Waals surface area (Å²) in [7, 11) is 0. The maximum absolute atomic E-state index is 13.5. The second-order valence-corrected chi connectivity index (χ2v) is 13.2. The van der Waals surface area contributed by atoms with Crippen molar-refractivity contribution in [1.29, 1.82) is 0 Å². The van der Waals surface area contributed by atoms with Crippen molar-refractivity contribution in [2.45, 2.75) is 58.5 Å². The molecular formula is C33H37F2N3O4S. The van der Waals surface area contributed by atoms with E-state index in [0.29, 0.717) is 24.0 Å². The lowest BCUT2D eigenvalue weighted by molar-refractivity contribution is -0.138. The van der Waals surface area contributed by atoms with Gasteiger partial charge in [0.2, 0.25) is 0 Å². The van der Waals surface area contributed by atoms with Gasteiger partial charge in [-0.2, -0.15) is 0 Å². The Morgan fingerprint density at radius 2 is 1.79 bits per heavy atom. The lowest BCUT2D eigenvalue weighted by atomic mass is 9.83. The molecule has 0 radical (unpaired) electrons. The van der Waals surface area contributed by atoms with Crippen LogP contribution < -0.4 is 9.64 Å². The third-order valence-electron chi connectivity index (χ3n) is 9.37. The topological polar surface area (TPSA) is 83.0 Å². The minimum atomic E-state index is -2.69. The van der Waals surface area contributed by atoms with Gasteiger partial charge in [-0.05, 0) is 79.8 Å². The van der Waals surface area contributed by atoms with Crippen LogP contribution in [0.3, 0.4) is 0 Å². The van der Waals surface area contributed by atoms with E-state index >= 15 is 0 Å². The summed E-state index contributed by atoms with van der Waals surface area (Å²) in [6.45, 7) is 6.10. The molecule has 2 bridgehead atoms. The number of carbonyl (C=O) groups excluding carboxylic acids is 1. The van der Waals surface area contributed by atoms with Gasteiger partial charge in [0, 0.05) is 61.9 Å². The Hall–Kier alpha value is -3.53. The predicted molar refractivity (Wildman–Crippen MR) is 162 cm³/mol. The molecule has 1 N–H and O–H groups in total. The van der Waals surface area contributed by atoms with Crippen molar-refractivity contribution in [3.8, 4) is 17.0 Å². The standard InChI is InChI=1S/C33H37F2N3O4S/c1-20-3-8-29(42-18-25-7-4-22(14-21(25)2)31(41)37-11-9-33(34,35)10-12-37)27(13-20)28-19-43-32(36-28)38-16-23-5-6-24(17-38)26(23)15-30(39)40/h3-4,7-8,13-14,19,23-24,26H,5-6,9-12,15-18H2,1-2H3,(H,39,40)/t23-,24+,26?. The number of ether oxygens (including phenoxy) is 1. The Morgan fingerprint density at radius 1 is 1.07 bits per heavy atom. The molecule has 43 heavy (non-hydrogen) atoms. The number of halogens is 2. The lowest BCUT2D eigenvalue weighted by Gasteiger charge is -2.37. The van der Waals surface area contributed by atoms with E-state index in [0.717, 1.165) is 64.8 Å². The van der Waals surface area contributed by atoms with Crippen LogP contribution in [0.25, 0.3) is 11.3 Å². The first-order chi connectivity index (χ1) is 20.6. The second-order valence-electron chi connectivity index (χ2n) is 12.4. The summed E-state index contributed by atoms with van der Waals surface area (Å²) in [6.07, 6.45) is 1.83. The first-order valence-electron chi connectivity index (χ1n) is 15.0. The van der Waals surface area contributed by atoms with E-state index in [1.54, 1.807) is 17.4 Å². The average Bonchev–Trinajstić information content (AvgIpc) is 3.53. The summed E-state index contributed by atoms with van der Waals surface area (Å²) in [5.41, 5.74) is 5.20. The van der Waals surface area contributed by atoms with E-state index in [1.165, 1.54) is 4.90 Å². The fraction of sp³-hybridized carbons (Fsp3) is 0.485. The van der Waals surface area contributed by atoms with Crippen molar-refractivity contribution < 1.29 is 28.2 Å². The van der Waals surface area contributed by atoms with Crippen molar-refractivity contribution >= 4 is 28.3 Å². The Morgan fingerprint density at radius 3 is 2.47 bits per heavy atom. The van der Waals surface area contributed by atoms with Gasteiger partial charge in [-0.15, -0.1) is 11.3 Å². The number of hydrogen-bond donors (Lipinski definition) is 1. The number of thiazole rings is 1. The van der Waals surface area contributed by atoms with Crippen LogP contribution in [0.2, 0.25) is 0 Å². The Balaban J connectivity index is 1.13. The summed E-state index contributed by atoms with van der Waals surface area (Å²) in [5, 5.41) is 12.4. The highest BCUT2D eigenvalue weighted by atomic mass is 32.1. The Labute approximate surface area is 254 Å². The second kappa shape index (κ2) is 11.9. The van der Waals surface area contributed by atoms with Gasteiger partial charge in [-0.25, -0.2) is 13.8 Å². The minimum absolute atomic E-state index is 0.0639. The van der Waals surface area contributed by atoms with Gasteiger partial charge in [0.25, 0.3) is 11.8 Å². The number of aryl methyl sites for hydroxylation is 2. The number of hydrogen-bond acceptors (Lipinski definition) is 6. The number of benzene rings is 2. The van der Waals surface area contributed by atoms with E-state index < -0.39 is 11.9 Å². The molecular weight excluding hydrogens is 572 g/mol. The number of likely N-dealkylation sites (tertiary alicyclic amines) is 1. The summed E-state index contributed by atoms with van der Waals surface area (Å²) in [6, 6.07) is 11.5.